The van der Waals surface area contributed by atoms with Gasteiger partial charge >= 0.3 is 15.5 Å². The third-order valence-electron chi connectivity index (χ3n) is 2.11. The van der Waals surface area contributed by atoms with Gasteiger partial charge in [0.1, 0.15) is 0 Å². The van der Waals surface area contributed by atoms with Gasteiger partial charge in [0.25, 0.3) is 0 Å². The Kier molecular flexibility index (Phi) is 8.97. The van der Waals surface area contributed by atoms with Crippen molar-refractivity contribution in [2.24, 2.45) is 0 Å². The molecular weight excluding hydrogens is 237 g/mol. The maximum absolute atomic E-state index is 11.8. The van der Waals surface area contributed by atoms with Crippen molar-refractivity contribution in [3.63, 3.8) is 0 Å². The molecule has 16 heavy (non-hydrogen) atoms. The molecule has 98 valence electrons. The summed E-state index contributed by atoms with van der Waals surface area (Å²) < 4.78 is 46.4. The van der Waals surface area contributed by atoms with Crippen molar-refractivity contribution in [1.82, 2.24) is 0 Å². The molecule has 0 fully saturated rings. The summed E-state index contributed by atoms with van der Waals surface area (Å²) in [4.78, 5) is 0. The topological polar surface area (TPSA) is 18.5 Å². The molecule has 0 rings (SSSR count). The summed E-state index contributed by atoms with van der Waals surface area (Å²) in [5.41, 5.74) is 0. The Morgan fingerprint density at radius 2 is 1.50 bits per heavy atom. The van der Waals surface area contributed by atoms with Crippen LogP contribution in [0.4, 0.5) is 13.2 Å². The van der Waals surface area contributed by atoms with E-state index in [-0.39, 0.29) is 6.42 Å². The second-order valence-electron chi connectivity index (χ2n) is 3.55. The molecule has 0 aliphatic carbocycles. The first-order chi connectivity index (χ1) is 7.49. The van der Waals surface area contributed by atoms with Crippen LogP contribution in [-0.2, 0) is 8.85 Å². The summed E-state index contributed by atoms with van der Waals surface area (Å²) in [5, 5.41) is 0. The van der Waals surface area contributed by atoms with Gasteiger partial charge in [0, 0.05) is 19.6 Å². The van der Waals surface area contributed by atoms with Crippen LogP contribution in [0.1, 0.15) is 39.5 Å². The van der Waals surface area contributed by atoms with E-state index in [1.165, 1.54) is 0 Å². The molecule has 0 saturated carbocycles. The lowest BCUT2D eigenvalue weighted by Gasteiger charge is -2.14. The lowest BCUT2D eigenvalue weighted by molar-refractivity contribution is -0.135. The van der Waals surface area contributed by atoms with Crippen LogP contribution in [-0.4, -0.2) is 28.7 Å². The highest BCUT2D eigenvalue weighted by molar-refractivity contribution is 6.44. The molecule has 0 aromatic rings. The number of hydrogen-bond donors (Lipinski definition) is 0. The van der Waals surface area contributed by atoms with Gasteiger partial charge in [0.15, 0.2) is 0 Å². The molecule has 0 unspecified atom stereocenters. The molecule has 6 heteroatoms. The van der Waals surface area contributed by atoms with Gasteiger partial charge in [0.05, 0.1) is 0 Å². The van der Waals surface area contributed by atoms with Gasteiger partial charge in [-0.1, -0.05) is 12.8 Å². The molecule has 0 radical (unpaired) electrons. The molecule has 0 N–H and O–H groups in total. The van der Waals surface area contributed by atoms with Crippen LogP contribution in [0, 0.1) is 0 Å². The third-order valence-corrected chi connectivity index (χ3v) is 4.40. The minimum Gasteiger partial charge on any atom is -0.397 e. The summed E-state index contributed by atoms with van der Waals surface area (Å²) >= 11 is 0. The molecule has 0 bridgehead atoms. The molecule has 0 spiro atoms. The van der Waals surface area contributed by atoms with E-state index < -0.39 is 21.9 Å². The maximum Gasteiger partial charge on any atom is 0.389 e. The molecule has 0 saturated heterocycles. The van der Waals surface area contributed by atoms with E-state index in [1.807, 2.05) is 13.8 Å². The monoisotopic (exact) mass is 258 g/mol. The Hall–Kier alpha value is -0.0731. The molecular formula is C10H21F3O2Si. The average molecular weight is 258 g/mol. The van der Waals surface area contributed by atoms with Crippen LogP contribution >= 0.6 is 0 Å². The zero-order chi connectivity index (χ0) is 12.4. The van der Waals surface area contributed by atoms with Gasteiger partial charge in [0.2, 0.25) is 0 Å². The summed E-state index contributed by atoms with van der Waals surface area (Å²) in [6, 6.07) is 0.805. The quantitative estimate of drug-likeness (QED) is 0.466. The number of unbranched alkanes of at least 4 members (excludes halogenated alkanes) is 2. The van der Waals surface area contributed by atoms with E-state index in [0.29, 0.717) is 19.6 Å². The summed E-state index contributed by atoms with van der Waals surface area (Å²) in [7, 11) is -1.60. The van der Waals surface area contributed by atoms with Gasteiger partial charge in [-0.3, -0.25) is 0 Å². The van der Waals surface area contributed by atoms with Gasteiger partial charge in [-0.05, 0) is 26.3 Å². The summed E-state index contributed by atoms with van der Waals surface area (Å²) in [6.07, 6.45) is -3.11. The lowest BCUT2D eigenvalue weighted by atomic mass is 10.2. The minimum absolute atomic E-state index is 0.211. The number of alkyl halides is 3. The largest absolute Gasteiger partial charge is 0.397 e. The van der Waals surface area contributed by atoms with Crippen LogP contribution in [0.3, 0.4) is 0 Å². The first kappa shape index (κ1) is 15.9. The fraction of sp³-hybridized carbons (Fsp3) is 1.00. The summed E-state index contributed by atoms with van der Waals surface area (Å²) in [5.74, 6) is 0. The Morgan fingerprint density at radius 3 is 1.94 bits per heavy atom. The molecule has 0 aliphatic heterocycles. The second-order valence-corrected chi connectivity index (χ2v) is 5.66. The smallest absolute Gasteiger partial charge is 0.389 e. The minimum atomic E-state index is -4.02. The standard InChI is InChI=1S/C10H21F3O2Si/c1-3-14-16(15-4-2)9-7-5-6-8-10(11,12)13/h16H,3-9H2,1-2H3. The third kappa shape index (κ3) is 10.4. The Morgan fingerprint density at radius 1 is 0.938 bits per heavy atom. The van der Waals surface area contributed by atoms with E-state index in [2.05, 4.69) is 0 Å². The van der Waals surface area contributed by atoms with Gasteiger partial charge < -0.3 is 8.85 Å². The molecule has 0 heterocycles. The van der Waals surface area contributed by atoms with E-state index in [1.54, 1.807) is 0 Å². The zero-order valence-electron chi connectivity index (χ0n) is 9.98. The van der Waals surface area contributed by atoms with Crippen molar-refractivity contribution in [2.45, 2.75) is 51.8 Å². The fourth-order valence-corrected chi connectivity index (χ4v) is 3.19. The van der Waals surface area contributed by atoms with Crippen LogP contribution in [0.5, 0.6) is 0 Å². The van der Waals surface area contributed by atoms with Crippen LogP contribution < -0.4 is 0 Å². The highest BCUT2D eigenvalue weighted by Gasteiger charge is 2.25. The van der Waals surface area contributed by atoms with E-state index in [9.17, 15) is 13.2 Å². The van der Waals surface area contributed by atoms with Gasteiger partial charge in [-0.2, -0.15) is 13.2 Å². The van der Waals surface area contributed by atoms with Gasteiger partial charge in [-0.25, -0.2) is 0 Å². The van der Waals surface area contributed by atoms with E-state index in [0.717, 1.165) is 12.5 Å². The average Bonchev–Trinajstić information content (AvgIpc) is 2.16. The van der Waals surface area contributed by atoms with Crippen molar-refractivity contribution in [3.8, 4) is 0 Å². The normalized spacial score (nSPS) is 12.4. The Balaban J connectivity index is 3.46. The highest BCUT2D eigenvalue weighted by atomic mass is 28.3. The maximum atomic E-state index is 11.8. The van der Waals surface area contributed by atoms with Crippen LogP contribution in [0.25, 0.3) is 0 Å². The molecule has 2 nitrogen and oxygen atoms in total. The summed E-state index contributed by atoms with van der Waals surface area (Å²) in [6.45, 7) is 5.06. The van der Waals surface area contributed by atoms with Crippen molar-refractivity contribution < 1.29 is 22.0 Å². The second kappa shape index (κ2) is 9.01. The molecule has 0 atom stereocenters. The number of hydrogen-bond acceptors (Lipinski definition) is 2. The molecule has 0 aliphatic rings. The SMILES string of the molecule is CCO[SiH](CCCCCC(F)(F)F)OCC. The van der Waals surface area contributed by atoms with E-state index >= 15 is 0 Å². The predicted octanol–water partition coefficient (Wildman–Crippen LogP) is 3.40. The van der Waals surface area contributed by atoms with Crippen molar-refractivity contribution >= 4 is 9.28 Å². The Bertz CT molecular complexity index is 159. The highest BCUT2D eigenvalue weighted by Crippen LogP contribution is 2.23. The van der Waals surface area contributed by atoms with Crippen LogP contribution in [0.15, 0.2) is 0 Å². The van der Waals surface area contributed by atoms with Crippen LogP contribution in [0.2, 0.25) is 6.04 Å². The molecule has 0 aromatic carbocycles. The lowest BCUT2D eigenvalue weighted by Crippen LogP contribution is -2.22. The first-order valence-electron chi connectivity index (χ1n) is 5.79. The van der Waals surface area contributed by atoms with Crippen molar-refractivity contribution in [3.05, 3.63) is 0 Å². The van der Waals surface area contributed by atoms with E-state index in [4.69, 9.17) is 8.85 Å². The van der Waals surface area contributed by atoms with Gasteiger partial charge in [-0.15, -0.1) is 0 Å². The predicted molar refractivity (Wildman–Crippen MR) is 59.7 cm³/mol. The Labute approximate surface area is 97.0 Å². The number of rotatable bonds is 9. The van der Waals surface area contributed by atoms with Crippen molar-refractivity contribution in [1.29, 1.82) is 0 Å². The zero-order valence-corrected chi connectivity index (χ0v) is 11.1. The fourth-order valence-electron chi connectivity index (χ4n) is 1.40. The molecule has 0 amide bonds. The first-order valence-corrected chi connectivity index (χ1v) is 7.55. The molecule has 0 aromatic heterocycles. The number of halogens is 3. The van der Waals surface area contributed by atoms with Crippen molar-refractivity contribution in [2.75, 3.05) is 13.2 Å².